The minimum absolute atomic E-state index is 0.150. The van der Waals surface area contributed by atoms with Gasteiger partial charge in [-0.1, -0.05) is 23.4 Å². The van der Waals surface area contributed by atoms with E-state index in [4.69, 9.17) is 4.74 Å². The number of nitrogens with one attached hydrogen (secondary N) is 2. The zero-order valence-corrected chi connectivity index (χ0v) is 24.6. The number of pyridine rings is 1. The van der Waals surface area contributed by atoms with Gasteiger partial charge in [0, 0.05) is 40.8 Å². The minimum Gasteiger partial charge on any atom is -0.444 e. The smallest absolute Gasteiger partial charge is 0.408 e. The van der Waals surface area contributed by atoms with E-state index in [9.17, 15) is 13.6 Å². The molecule has 0 aliphatic rings. The van der Waals surface area contributed by atoms with Gasteiger partial charge >= 0.3 is 6.09 Å². The number of halogens is 2. The quantitative estimate of drug-likeness (QED) is 0.202. The SMILES string of the molecule is Cc1cn(CCNc2ncc(F)c(-c3cc4cccc(-c5cc(F)ncc5[C@@H](C)NC(=O)OC(C)(C)C)c4s3)n2)nn1. The molecule has 2 N–H and O–H groups in total. The van der Waals surface area contributed by atoms with E-state index in [0.717, 1.165) is 22.0 Å². The van der Waals surface area contributed by atoms with E-state index in [0.29, 0.717) is 34.7 Å². The van der Waals surface area contributed by atoms with Crippen molar-refractivity contribution in [2.24, 2.45) is 0 Å². The first kappa shape index (κ1) is 29.0. The Morgan fingerprint density at radius 1 is 1.14 bits per heavy atom. The predicted octanol–water partition coefficient (Wildman–Crippen LogP) is 6.30. The highest BCUT2D eigenvalue weighted by atomic mass is 32.1. The Hall–Kier alpha value is -4.52. The number of carbonyl (C=O) groups excluding carboxylic acids is 1. The first-order valence-corrected chi connectivity index (χ1v) is 14.1. The molecular formula is C29H30F2N8O2S. The fourth-order valence-electron chi connectivity index (χ4n) is 4.38. The summed E-state index contributed by atoms with van der Waals surface area (Å²) in [6.07, 6.45) is 3.77. The summed E-state index contributed by atoms with van der Waals surface area (Å²) in [6, 6.07) is 8.24. The predicted molar refractivity (Wildman–Crippen MR) is 157 cm³/mol. The van der Waals surface area contributed by atoms with Gasteiger partial charge in [0.2, 0.25) is 11.9 Å². The van der Waals surface area contributed by atoms with Gasteiger partial charge in [0.15, 0.2) is 5.82 Å². The van der Waals surface area contributed by atoms with E-state index in [2.05, 4.69) is 35.9 Å². The standard InChI is InChI=1S/C29H30F2N8O2S/c1-16-15-39(38-37-16)10-9-32-27-34-14-22(30)25(36-27)23-11-18-7-6-8-19(26(18)42-23)20-12-24(31)33-13-21(20)17(2)35-28(40)41-29(3,4)5/h6-8,11-15,17H,9-10H2,1-5H3,(H,35,40)(H,32,34,36)/t17-/m1/s1. The molecule has 218 valence electrons. The molecule has 0 aliphatic carbocycles. The van der Waals surface area contributed by atoms with Crippen molar-refractivity contribution in [3.8, 4) is 21.7 Å². The van der Waals surface area contributed by atoms with Crippen LogP contribution < -0.4 is 10.6 Å². The van der Waals surface area contributed by atoms with Gasteiger partial charge in [0.25, 0.3) is 0 Å². The fraction of sp³-hybridized carbons (Fsp3) is 0.310. The highest BCUT2D eigenvalue weighted by Crippen LogP contribution is 2.41. The number of aryl methyl sites for hydroxylation is 1. The van der Waals surface area contributed by atoms with Crippen molar-refractivity contribution in [2.75, 3.05) is 11.9 Å². The average molecular weight is 593 g/mol. The van der Waals surface area contributed by atoms with E-state index < -0.39 is 29.5 Å². The Balaban J connectivity index is 1.45. The number of aromatic nitrogens is 6. The van der Waals surface area contributed by atoms with Crippen molar-refractivity contribution in [3.05, 3.63) is 71.9 Å². The zero-order chi connectivity index (χ0) is 30.0. The van der Waals surface area contributed by atoms with Crippen molar-refractivity contribution in [3.63, 3.8) is 0 Å². The summed E-state index contributed by atoms with van der Waals surface area (Å²) < 4.78 is 37.3. The number of anilines is 1. The third kappa shape index (κ3) is 6.68. The molecule has 0 saturated heterocycles. The van der Waals surface area contributed by atoms with Crippen LogP contribution in [0.2, 0.25) is 0 Å². The number of carbonyl (C=O) groups is 1. The van der Waals surface area contributed by atoms with Crippen molar-refractivity contribution in [2.45, 2.75) is 52.8 Å². The second-order valence-electron chi connectivity index (χ2n) is 10.7. The molecule has 5 rings (SSSR count). The molecule has 0 fully saturated rings. The number of ether oxygens (including phenoxy) is 1. The van der Waals surface area contributed by atoms with Gasteiger partial charge in [-0.25, -0.2) is 24.1 Å². The Morgan fingerprint density at radius 2 is 1.95 bits per heavy atom. The second-order valence-corrected chi connectivity index (χ2v) is 11.8. The summed E-state index contributed by atoms with van der Waals surface area (Å²) in [7, 11) is 0. The normalized spacial score (nSPS) is 12.4. The first-order valence-electron chi connectivity index (χ1n) is 13.3. The number of amides is 1. The number of alkyl carbamates (subject to hydrolysis) is 1. The maximum absolute atomic E-state index is 15.0. The molecule has 0 unspecified atom stereocenters. The lowest BCUT2D eigenvalue weighted by Gasteiger charge is -2.23. The molecule has 10 nitrogen and oxygen atoms in total. The van der Waals surface area contributed by atoms with Crippen LogP contribution in [0.3, 0.4) is 0 Å². The molecule has 1 amide bonds. The van der Waals surface area contributed by atoms with Crippen molar-refractivity contribution >= 4 is 33.5 Å². The van der Waals surface area contributed by atoms with E-state index in [1.165, 1.54) is 23.6 Å². The number of benzene rings is 1. The second kappa shape index (κ2) is 11.8. The van der Waals surface area contributed by atoms with Crippen molar-refractivity contribution < 1.29 is 18.3 Å². The molecular weight excluding hydrogens is 562 g/mol. The van der Waals surface area contributed by atoms with Crippen LogP contribution >= 0.6 is 11.3 Å². The van der Waals surface area contributed by atoms with E-state index in [1.54, 1.807) is 32.4 Å². The molecule has 0 aliphatic heterocycles. The number of nitrogens with zero attached hydrogens (tertiary/aromatic N) is 6. The van der Waals surface area contributed by atoms with Gasteiger partial charge in [-0.3, -0.25) is 4.68 Å². The van der Waals surface area contributed by atoms with E-state index >= 15 is 0 Å². The molecule has 1 aromatic carbocycles. The van der Waals surface area contributed by atoms with Crippen LogP contribution in [0.1, 0.15) is 45.0 Å². The van der Waals surface area contributed by atoms with Crippen LogP contribution in [0.25, 0.3) is 31.8 Å². The first-order chi connectivity index (χ1) is 20.0. The largest absolute Gasteiger partial charge is 0.444 e. The van der Waals surface area contributed by atoms with E-state index in [-0.39, 0.29) is 11.6 Å². The van der Waals surface area contributed by atoms with Crippen LogP contribution in [-0.4, -0.2) is 48.2 Å². The molecule has 1 atom stereocenters. The topological polar surface area (TPSA) is 120 Å². The van der Waals surface area contributed by atoms with Crippen LogP contribution in [0.15, 0.2) is 48.9 Å². The lowest BCUT2D eigenvalue weighted by Crippen LogP contribution is -2.34. The lowest BCUT2D eigenvalue weighted by atomic mass is 9.96. The number of hydrogen-bond acceptors (Lipinski definition) is 9. The molecule has 4 aromatic heterocycles. The Kier molecular flexibility index (Phi) is 8.12. The molecule has 42 heavy (non-hydrogen) atoms. The average Bonchev–Trinajstić information content (AvgIpc) is 3.54. The summed E-state index contributed by atoms with van der Waals surface area (Å²) in [6.45, 7) is 9.96. The molecule has 0 saturated carbocycles. The van der Waals surface area contributed by atoms with Crippen LogP contribution in [0.4, 0.5) is 19.5 Å². The number of thiophene rings is 1. The summed E-state index contributed by atoms with van der Waals surface area (Å²) in [4.78, 5) is 25.4. The highest BCUT2D eigenvalue weighted by molar-refractivity contribution is 7.22. The Labute approximate surface area is 245 Å². The van der Waals surface area contributed by atoms with Gasteiger partial charge in [-0.15, -0.1) is 16.4 Å². The highest BCUT2D eigenvalue weighted by Gasteiger charge is 2.22. The molecule has 5 aromatic rings. The number of hydrogen-bond donors (Lipinski definition) is 2. The van der Waals surface area contributed by atoms with Gasteiger partial charge in [-0.2, -0.15) is 4.39 Å². The summed E-state index contributed by atoms with van der Waals surface area (Å²) in [5.41, 5.74) is 2.17. The van der Waals surface area contributed by atoms with Gasteiger partial charge in [0.05, 0.1) is 29.4 Å². The molecule has 13 heteroatoms. The lowest BCUT2D eigenvalue weighted by molar-refractivity contribution is 0.0508. The van der Waals surface area contributed by atoms with Crippen molar-refractivity contribution in [1.29, 1.82) is 0 Å². The third-order valence-electron chi connectivity index (χ3n) is 6.19. The summed E-state index contributed by atoms with van der Waals surface area (Å²) >= 11 is 1.33. The molecule has 0 bridgehead atoms. The fourth-order valence-corrected chi connectivity index (χ4v) is 5.56. The van der Waals surface area contributed by atoms with Crippen LogP contribution in [-0.2, 0) is 11.3 Å². The van der Waals surface area contributed by atoms with E-state index in [1.807, 2.05) is 37.4 Å². The van der Waals surface area contributed by atoms with Gasteiger partial charge in [-0.05, 0) is 51.6 Å². The monoisotopic (exact) mass is 592 g/mol. The molecule has 4 heterocycles. The third-order valence-corrected chi connectivity index (χ3v) is 7.38. The molecule has 0 spiro atoms. The van der Waals surface area contributed by atoms with Gasteiger partial charge in [0.1, 0.15) is 11.3 Å². The maximum Gasteiger partial charge on any atom is 0.408 e. The minimum atomic E-state index is -0.672. The van der Waals surface area contributed by atoms with Crippen LogP contribution in [0, 0.1) is 18.7 Å². The Morgan fingerprint density at radius 3 is 2.69 bits per heavy atom. The van der Waals surface area contributed by atoms with Crippen molar-refractivity contribution in [1.82, 2.24) is 35.3 Å². The van der Waals surface area contributed by atoms with Crippen LogP contribution in [0.5, 0.6) is 0 Å². The summed E-state index contributed by atoms with van der Waals surface area (Å²) in [5, 5.41) is 14.7. The zero-order valence-electron chi connectivity index (χ0n) is 23.8. The van der Waals surface area contributed by atoms with Gasteiger partial charge < -0.3 is 15.4 Å². The maximum atomic E-state index is 15.0. The molecule has 0 radical (unpaired) electrons. The Bertz CT molecular complexity index is 1750. The number of fused-ring (bicyclic) bond motifs is 1. The summed E-state index contributed by atoms with van der Waals surface area (Å²) in [5.74, 6) is -0.946. The number of rotatable bonds is 8.